The van der Waals surface area contributed by atoms with Crippen molar-refractivity contribution < 1.29 is 13.6 Å². The third-order valence-electron chi connectivity index (χ3n) is 1.23. The molecule has 0 aromatic heterocycles. The highest BCUT2D eigenvalue weighted by atomic mass is 19.1. The molecule has 3 heteroatoms. The summed E-state index contributed by atoms with van der Waals surface area (Å²) in [7, 11) is 0. The first-order chi connectivity index (χ1) is 5.11. The van der Waals surface area contributed by atoms with Crippen molar-refractivity contribution in [1.82, 2.24) is 0 Å². The molecule has 0 saturated carbocycles. The topological polar surface area (TPSA) is 17.1 Å². The Labute approximate surface area is 62.7 Å². The van der Waals surface area contributed by atoms with Crippen LogP contribution < -0.4 is 0 Å². The second-order valence-electron chi connectivity index (χ2n) is 2.05. The van der Waals surface area contributed by atoms with Gasteiger partial charge in [0.25, 0.3) is 0 Å². The maximum Gasteiger partial charge on any atom is 0.166 e. The average Bonchev–Trinajstić information content (AvgIpc) is 1.94. The summed E-state index contributed by atoms with van der Waals surface area (Å²) < 4.78 is 25.0. The van der Waals surface area contributed by atoms with E-state index in [9.17, 15) is 13.6 Å². The van der Waals surface area contributed by atoms with E-state index in [0.29, 0.717) is 0 Å². The second-order valence-corrected chi connectivity index (χ2v) is 2.05. The van der Waals surface area contributed by atoms with Crippen molar-refractivity contribution in [1.29, 1.82) is 0 Å². The molecule has 0 amide bonds. The van der Waals surface area contributed by atoms with Gasteiger partial charge >= 0.3 is 0 Å². The van der Waals surface area contributed by atoms with Crippen LogP contribution in [0.25, 0.3) is 0 Å². The summed E-state index contributed by atoms with van der Waals surface area (Å²) in [6.45, 7) is 2.97. The van der Waals surface area contributed by atoms with E-state index in [1.54, 1.807) is 0 Å². The van der Waals surface area contributed by atoms with Gasteiger partial charge in [-0.3, -0.25) is 4.79 Å². The lowest BCUT2D eigenvalue weighted by Gasteiger charge is -1.96. The standard InChI is InChI=1S/C8H5F2O/c1-5(11)7-4-6(9)2-3-8(7)10/h2-4H,1H2. The van der Waals surface area contributed by atoms with E-state index in [1.807, 2.05) is 0 Å². The number of rotatable bonds is 1. The predicted octanol–water partition coefficient (Wildman–Crippen LogP) is 1.98. The van der Waals surface area contributed by atoms with E-state index in [0.717, 1.165) is 18.2 Å². The van der Waals surface area contributed by atoms with E-state index < -0.39 is 17.4 Å². The van der Waals surface area contributed by atoms with E-state index in [-0.39, 0.29) is 5.56 Å². The highest BCUT2D eigenvalue weighted by Crippen LogP contribution is 2.09. The largest absolute Gasteiger partial charge is 0.294 e. The third-order valence-corrected chi connectivity index (χ3v) is 1.23. The Morgan fingerprint density at radius 1 is 1.36 bits per heavy atom. The summed E-state index contributed by atoms with van der Waals surface area (Å²) in [4.78, 5) is 10.5. The van der Waals surface area contributed by atoms with Crippen molar-refractivity contribution in [3.8, 4) is 0 Å². The SMILES string of the molecule is [CH2]C(=O)c1cc(F)ccc1F. The van der Waals surface area contributed by atoms with Crippen LogP contribution in [0.1, 0.15) is 10.4 Å². The average molecular weight is 155 g/mol. The lowest BCUT2D eigenvalue weighted by atomic mass is 10.1. The first-order valence-electron chi connectivity index (χ1n) is 2.92. The second kappa shape index (κ2) is 2.78. The zero-order valence-corrected chi connectivity index (χ0v) is 5.60. The van der Waals surface area contributed by atoms with Gasteiger partial charge in [0, 0.05) is 6.92 Å². The fraction of sp³-hybridized carbons (Fsp3) is 0. The quantitative estimate of drug-likeness (QED) is 0.567. The van der Waals surface area contributed by atoms with Crippen LogP contribution in [0, 0.1) is 18.6 Å². The molecule has 0 atom stereocenters. The number of carbonyl (C=O) groups is 1. The Balaban J connectivity index is 3.23. The zero-order valence-electron chi connectivity index (χ0n) is 5.60. The maximum absolute atomic E-state index is 12.6. The Hall–Kier alpha value is -1.25. The smallest absolute Gasteiger partial charge is 0.166 e. The molecule has 0 saturated heterocycles. The van der Waals surface area contributed by atoms with Gasteiger partial charge in [0.2, 0.25) is 0 Å². The van der Waals surface area contributed by atoms with Gasteiger partial charge in [-0.25, -0.2) is 8.78 Å². The maximum atomic E-state index is 12.6. The molecular weight excluding hydrogens is 150 g/mol. The third kappa shape index (κ3) is 1.61. The van der Waals surface area contributed by atoms with Crippen LogP contribution in [0.15, 0.2) is 18.2 Å². The molecule has 11 heavy (non-hydrogen) atoms. The fourth-order valence-electron chi connectivity index (χ4n) is 0.711. The summed E-state index contributed by atoms with van der Waals surface area (Å²) >= 11 is 0. The Bertz CT molecular complexity index is 294. The van der Waals surface area contributed by atoms with Gasteiger partial charge in [-0.1, -0.05) is 0 Å². The van der Waals surface area contributed by atoms with E-state index >= 15 is 0 Å². The van der Waals surface area contributed by atoms with Crippen LogP contribution in [0.4, 0.5) is 8.78 Å². The van der Waals surface area contributed by atoms with Crippen molar-refractivity contribution in [2.24, 2.45) is 0 Å². The number of hydrogen-bond acceptors (Lipinski definition) is 1. The van der Waals surface area contributed by atoms with Crippen molar-refractivity contribution in [3.63, 3.8) is 0 Å². The lowest BCUT2D eigenvalue weighted by molar-refractivity contribution is 0.104. The molecule has 0 fully saturated rings. The van der Waals surface area contributed by atoms with E-state index in [1.165, 1.54) is 0 Å². The minimum atomic E-state index is -0.744. The Morgan fingerprint density at radius 2 is 2.00 bits per heavy atom. The van der Waals surface area contributed by atoms with Crippen LogP contribution in [0.2, 0.25) is 0 Å². The Morgan fingerprint density at radius 3 is 2.45 bits per heavy atom. The first kappa shape index (κ1) is 7.85. The predicted molar refractivity (Wildman–Crippen MR) is 36.0 cm³/mol. The van der Waals surface area contributed by atoms with E-state index in [2.05, 4.69) is 6.92 Å². The van der Waals surface area contributed by atoms with Gasteiger partial charge < -0.3 is 0 Å². The molecule has 1 radical (unpaired) electrons. The molecule has 0 bridgehead atoms. The van der Waals surface area contributed by atoms with E-state index in [4.69, 9.17) is 0 Å². The van der Waals surface area contributed by atoms with Gasteiger partial charge in [-0.15, -0.1) is 0 Å². The molecule has 1 rings (SSSR count). The molecule has 0 heterocycles. The molecule has 0 aliphatic carbocycles. The summed E-state index contributed by atoms with van der Waals surface area (Å²) in [5, 5.41) is 0. The van der Waals surface area contributed by atoms with Crippen LogP contribution in [-0.2, 0) is 0 Å². The molecule has 0 N–H and O–H groups in total. The van der Waals surface area contributed by atoms with Gasteiger partial charge in [0.1, 0.15) is 11.6 Å². The fourth-order valence-corrected chi connectivity index (χ4v) is 0.711. The van der Waals surface area contributed by atoms with Gasteiger partial charge in [0.05, 0.1) is 5.56 Å². The normalized spacial score (nSPS) is 9.73. The molecule has 1 aromatic carbocycles. The van der Waals surface area contributed by atoms with Gasteiger partial charge in [0.15, 0.2) is 5.78 Å². The van der Waals surface area contributed by atoms with Crippen molar-refractivity contribution >= 4 is 5.78 Å². The molecular formula is C8H5F2O. The van der Waals surface area contributed by atoms with Crippen molar-refractivity contribution in [2.45, 2.75) is 0 Å². The Kier molecular flexibility index (Phi) is 1.98. The first-order valence-corrected chi connectivity index (χ1v) is 2.92. The molecule has 57 valence electrons. The molecule has 0 aliphatic rings. The summed E-state index contributed by atoms with van der Waals surface area (Å²) in [6, 6.07) is 2.67. The summed E-state index contributed by atoms with van der Waals surface area (Å²) in [5.41, 5.74) is -0.315. The highest BCUT2D eigenvalue weighted by Gasteiger charge is 2.07. The molecule has 1 aromatic rings. The van der Waals surface area contributed by atoms with Crippen LogP contribution in [0.3, 0.4) is 0 Å². The number of hydrogen-bond donors (Lipinski definition) is 0. The lowest BCUT2D eigenvalue weighted by Crippen LogP contribution is -1.97. The van der Waals surface area contributed by atoms with Crippen molar-refractivity contribution in [3.05, 3.63) is 42.3 Å². The number of Topliss-reactive ketones (excluding diaryl/α,β-unsaturated/α-hetero) is 1. The molecule has 0 unspecified atom stereocenters. The van der Waals surface area contributed by atoms with Gasteiger partial charge in [-0.05, 0) is 18.2 Å². The van der Waals surface area contributed by atoms with Gasteiger partial charge in [-0.2, -0.15) is 0 Å². The van der Waals surface area contributed by atoms with Crippen LogP contribution in [0.5, 0.6) is 0 Å². The number of ketones is 1. The van der Waals surface area contributed by atoms with Crippen LogP contribution in [-0.4, -0.2) is 5.78 Å². The minimum Gasteiger partial charge on any atom is -0.294 e. The summed E-state index contributed by atoms with van der Waals surface area (Å²) in [6.07, 6.45) is 0. The monoisotopic (exact) mass is 155 g/mol. The zero-order chi connectivity index (χ0) is 8.43. The minimum absolute atomic E-state index is 0.315. The highest BCUT2D eigenvalue weighted by molar-refractivity contribution is 5.99. The van der Waals surface area contributed by atoms with Crippen LogP contribution >= 0.6 is 0 Å². The summed E-state index contributed by atoms with van der Waals surface area (Å²) in [5.74, 6) is -2.10. The molecule has 1 nitrogen and oxygen atoms in total. The number of carbonyl (C=O) groups excluding carboxylic acids is 1. The number of halogens is 2. The van der Waals surface area contributed by atoms with Crippen molar-refractivity contribution in [2.75, 3.05) is 0 Å². The molecule has 0 spiro atoms. The number of benzene rings is 1. The molecule has 0 aliphatic heterocycles.